The fraction of sp³-hybridized carbons (Fsp3) is 0.667. The van der Waals surface area contributed by atoms with Crippen LogP contribution < -0.4 is 5.32 Å². The summed E-state index contributed by atoms with van der Waals surface area (Å²) in [5.74, 6) is -0.362. The van der Waals surface area contributed by atoms with Crippen LogP contribution in [0.15, 0.2) is 0 Å². The highest BCUT2D eigenvalue weighted by molar-refractivity contribution is 5.96. The predicted octanol–water partition coefficient (Wildman–Crippen LogP) is 0.776. The normalized spacial score (nSPS) is 8.92. The van der Waals surface area contributed by atoms with E-state index in [1.165, 1.54) is 6.92 Å². The molecular formula is C9H14N2O2. The smallest absolute Gasteiger partial charge is 0.227 e. The molecule has 0 atom stereocenters. The summed E-state index contributed by atoms with van der Waals surface area (Å²) in [6.07, 6.45) is 2.05. The van der Waals surface area contributed by atoms with E-state index in [9.17, 15) is 9.59 Å². The first-order chi connectivity index (χ1) is 6.16. The van der Waals surface area contributed by atoms with E-state index < -0.39 is 0 Å². The van der Waals surface area contributed by atoms with Crippen LogP contribution in [0.5, 0.6) is 0 Å². The molecule has 0 bridgehead atoms. The Labute approximate surface area is 77.9 Å². The van der Waals surface area contributed by atoms with Crippen LogP contribution in [-0.2, 0) is 9.59 Å². The minimum Gasteiger partial charge on any atom is -0.356 e. The van der Waals surface area contributed by atoms with Gasteiger partial charge in [-0.2, -0.15) is 5.26 Å². The number of carbonyl (C=O) groups is 2. The molecule has 0 aliphatic rings. The first kappa shape index (κ1) is 11.6. The topological polar surface area (TPSA) is 70.0 Å². The van der Waals surface area contributed by atoms with Crippen LogP contribution in [0.25, 0.3) is 0 Å². The van der Waals surface area contributed by atoms with Crippen molar-refractivity contribution in [1.82, 2.24) is 5.32 Å². The lowest BCUT2D eigenvalue weighted by atomic mass is 10.2. The number of Topliss-reactive ketones (excluding diaryl/α,β-unsaturated/α-hetero) is 1. The summed E-state index contributed by atoms with van der Waals surface area (Å²) in [6, 6.07) is 2.02. The first-order valence-electron chi connectivity index (χ1n) is 4.30. The lowest BCUT2D eigenvalue weighted by Crippen LogP contribution is -2.25. The molecule has 0 saturated carbocycles. The summed E-state index contributed by atoms with van der Waals surface area (Å²) in [5.41, 5.74) is 0. The minimum absolute atomic E-state index is 0.0434. The van der Waals surface area contributed by atoms with Crippen molar-refractivity contribution in [2.24, 2.45) is 0 Å². The molecule has 0 fully saturated rings. The second kappa shape index (κ2) is 7.29. The van der Waals surface area contributed by atoms with Crippen molar-refractivity contribution in [2.45, 2.75) is 32.6 Å². The first-order valence-corrected chi connectivity index (χ1v) is 4.30. The zero-order valence-electron chi connectivity index (χ0n) is 7.80. The molecule has 0 rings (SSSR count). The van der Waals surface area contributed by atoms with Gasteiger partial charge < -0.3 is 5.32 Å². The molecule has 0 aromatic heterocycles. The fourth-order valence-electron chi connectivity index (χ4n) is 0.845. The van der Waals surface area contributed by atoms with Crippen molar-refractivity contribution in [1.29, 1.82) is 5.26 Å². The highest BCUT2D eigenvalue weighted by Gasteiger charge is 2.02. The van der Waals surface area contributed by atoms with Gasteiger partial charge in [0.1, 0.15) is 5.78 Å². The van der Waals surface area contributed by atoms with Gasteiger partial charge in [-0.25, -0.2) is 0 Å². The Bertz CT molecular complexity index is 218. The van der Waals surface area contributed by atoms with Crippen molar-refractivity contribution in [3.05, 3.63) is 0 Å². The monoisotopic (exact) mass is 182 g/mol. The Balaban J connectivity index is 3.28. The number of amides is 1. The number of unbranched alkanes of at least 4 members (excludes halogenated alkanes) is 2. The van der Waals surface area contributed by atoms with Gasteiger partial charge in [0.05, 0.1) is 12.5 Å². The average molecular weight is 182 g/mol. The molecule has 0 unspecified atom stereocenters. The average Bonchev–Trinajstić information content (AvgIpc) is 2.02. The molecule has 0 aliphatic heterocycles. The van der Waals surface area contributed by atoms with Gasteiger partial charge in [0.15, 0.2) is 0 Å². The zero-order valence-corrected chi connectivity index (χ0v) is 7.80. The second-order valence-electron chi connectivity index (χ2n) is 2.84. The van der Waals surface area contributed by atoms with Crippen LogP contribution >= 0.6 is 0 Å². The SMILES string of the molecule is CC(=O)CC(=O)NCCCCC#N. The van der Waals surface area contributed by atoms with Crippen LogP contribution in [0, 0.1) is 11.3 Å². The number of nitrogens with one attached hydrogen (secondary N) is 1. The van der Waals surface area contributed by atoms with Gasteiger partial charge in [-0.05, 0) is 19.8 Å². The van der Waals surface area contributed by atoms with Crippen molar-refractivity contribution >= 4 is 11.7 Å². The lowest BCUT2D eigenvalue weighted by Gasteiger charge is -2.01. The zero-order chi connectivity index (χ0) is 10.1. The summed E-state index contributed by atoms with van der Waals surface area (Å²) in [4.78, 5) is 21.4. The molecule has 0 aromatic carbocycles. The van der Waals surface area contributed by atoms with Crippen LogP contribution in [-0.4, -0.2) is 18.2 Å². The van der Waals surface area contributed by atoms with Crippen molar-refractivity contribution in [3.63, 3.8) is 0 Å². The van der Waals surface area contributed by atoms with Crippen molar-refractivity contribution < 1.29 is 9.59 Å². The van der Waals surface area contributed by atoms with Gasteiger partial charge in [-0.3, -0.25) is 9.59 Å². The van der Waals surface area contributed by atoms with Gasteiger partial charge in [0.25, 0.3) is 0 Å². The molecule has 4 heteroatoms. The van der Waals surface area contributed by atoms with Gasteiger partial charge in [-0.1, -0.05) is 0 Å². The van der Waals surface area contributed by atoms with E-state index in [0.717, 1.165) is 12.8 Å². The molecule has 0 heterocycles. The van der Waals surface area contributed by atoms with Crippen LogP contribution in [0.2, 0.25) is 0 Å². The van der Waals surface area contributed by atoms with Gasteiger partial charge in [0.2, 0.25) is 5.91 Å². The standard InChI is InChI=1S/C9H14N2O2/c1-8(12)7-9(13)11-6-4-2-3-5-10/h2-4,6-7H2,1H3,(H,11,13). The van der Waals surface area contributed by atoms with Crippen LogP contribution in [0.1, 0.15) is 32.6 Å². The van der Waals surface area contributed by atoms with Gasteiger partial charge in [-0.15, -0.1) is 0 Å². The Morgan fingerprint density at radius 2 is 2.08 bits per heavy atom. The quantitative estimate of drug-likeness (QED) is 0.487. The number of nitriles is 1. The molecule has 0 spiro atoms. The maximum Gasteiger partial charge on any atom is 0.227 e. The highest BCUT2D eigenvalue weighted by atomic mass is 16.2. The molecule has 1 N–H and O–H groups in total. The molecule has 0 radical (unpaired) electrons. The third-order valence-electron chi connectivity index (χ3n) is 1.45. The van der Waals surface area contributed by atoms with E-state index in [1.807, 2.05) is 6.07 Å². The molecule has 0 saturated heterocycles. The van der Waals surface area contributed by atoms with E-state index in [2.05, 4.69) is 5.32 Å². The van der Waals surface area contributed by atoms with Gasteiger partial charge in [0, 0.05) is 13.0 Å². The maximum atomic E-state index is 10.9. The van der Waals surface area contributed by atoms with E-state index in [-0.39, 0.29) is 18.1 Å². The summed E-state index contributed by atoms with van der Waals surface area (Å²) in [6.45, 7) is 1.93. The molecule has 1 amide bonds. The molecule has 72 valence electrons. The fourth-order valence-corrected chi connectivity index (χ4v) is 0.845. The maximum absolute atomic E-state index is 10.9. The van der Waals surface area contributed by atoms with Crippen molar-refractivity contribution in [3.8, 4) is 6.07 Å². The minimum atomic E-state index is -0.232. The molecule has 0 aromatic rings. The summed E-state index contributed by atoms with van der Waals surface area (Å²) in [7, 11) is 0. The van der Waals surface area contributed by atoms with Crippen molar-refractivity contribution in [2.75, 3.05) is 6.54 Å². The molecule has 13 heavy (non-hydrogen) atoms. The number of ketones is 1. The van der Waals surface area contributed by atoms with E-state index in [1.54, 1.807) is 0 Å². The van der Waals surface area contributed by atoms with Crippen LogP contribution in [0.3, 0.4) is 0 Å². The van der Waals surface area contributed by atoms with Crippen LogP contribution in [0.4, 0.5) is 0 Å². The second-order valence-corrected chi connectivity index (χ2v) is 2.84. The summed E-state index contributed by atoms with van der Waals surface area (Å²) < 4.78 is 0. The van der Waals surface area contributed by atoms with E-state index in [0.29, 0.717) is 13.0 Å². The molecule has 4 nitrogen and oxygen atoms in total. The Morgan fingerprint density at radius 1 is 1.38 bits per heavy atom. The number of nitrogens with zero attached hydrogens (tertiary/aromatic N) is 1. The summed E-state index contributed by atoms with van der Waals surface area (Å²) in [5, 5.41) is 10.8. The lowest BCUT2D eigenvalue weighted by molar-refractivity contribution is -0.127. The summed E-state index contributed by atoms with van der Waals surface area (Å²) >= 11 is 0. The molecular weight excluding hydrogens is 168 g/mol. The third-order valence-corrected chi connectivity index (χ3v) is 1.45. The highest BCUT2D eigenvalue weighted by Crippen LogP contribution is 1.91. The van der Waals surface area contributed by atoms with Gasteiger partial charge >= 0.3 is 0 Å². The predicted molar refractivity (Wildman–Crippen MR) is 47.8 cm³/mol. The third kappa shape index (κ3) is 8.54. The number of carbonyl (C=O) groups excluding carboxylic acids is 2. The molecule has 0 aliphatic carbocycles. The van der Waals surface area contributed by atoms with E-state index >= 15 is 0 Å². The Morgan fingerprint density at radius 3 is 2.62 bits per heavy atom. The number of hydrogen-bond donors (Lipinski definition) is 1. The Kier molecular flexibility index (Phi) is 6.52. The number of rotatable bonds is 6. The number of hydrogen-bond acceptors (Lipinski definition) is 3. The largest absolute Gasteiger partial charge is 0.356 e. The Hall–Kier alpha value is -1.37. The van der Waals surface area contributed by atoms with E-state index in [4.69, 9.17) is 5.26 Å².